The van der Waals surface area contributed by atoms with Crippen LogP contribution < -0.4 is 0 Å². The normalized spacial score (nSPS) is 0. The van der Waals surface area contributed by atoms with Crippen LogP contribution in [0.3, 0.4) is 0 Å². The third kappa shape index (κ3) is 9.03. The molecule has 0 heterocycles. The van der Waals surface area contributed by atoms with E-state index in [9.17, 15) is 0 Å². The zero-order chi connectivity index (χ0) is 0. The Morgan fingerprint density at radius 1 is 1.00 bits per heavy atom. The van der Waals surface area contributed by atoms with Crippen LogP contribution in [0.5, 0.6) is 0 Å². The monoisotopic (exact) mass is 216 g/mol. The Kier molecular flexibility index (Phi) is 194. The first-order valence-corrected chi connectivity index (χ1v) is 0. The zero-order valence-electron chi connectivity index (χ0n) is 0.762. The first kappa shape index (κ1) is 38.2. The van der Waals surface area contributed by atoms with Gasteiger partial charge >= 0.3 is 0 Å². The molecule has 0 nitrogen and oxygen atoms in total. The van der Waals surface area contributed by atoms with Crippen molar-refractivity contribution in [3.05, 3.63) is 0 Å². The summed E-state index contributed by atoms with van der Waals surface area (Å²) >= 11 is 0. The molecule has 0 bridgehead atoms. The molecule has 4 heteroatoms. The van der Waals surface area contributed by atoms with Crippen molar-refractivity contribution < 1.29 is 38.1 Å². The van der Waals surface area contributed by atoms with E-state index in [2.05, 4.69) is 0 Å². The van der Waals surface area contributed by atoms with Crippen molar-refractivity contribution in [3.8, 4) is 0 Å². The van der Waals surface area contributed by atoms with Gasteiger partial charge in [-0.1, -0.05) is 0 Å². The Bertz CT molecular complexity index is 8.00. The van der Waals surface area contributed by atoms with Crippen LogP contribution >= 0.6 is 0 Å². The summed E-state index contributed by atoms with van der Waals surface area (Å²) in [5.41, 5.74) is 0. The molecule has 0 N–H and O–H groups in total. The van der Waals surface area contributed by atoms with Gasteiger partial charge in [0, 0.05) is 38.1 Å². The van der Waals surface area contributed by atoms with E-state index in [0.717, 1.165) is 0 Å². The largest absolute Gasteiger partial charge is 0.187 e. The molecule has 0 unspecified atom stereocenters. The molecule has 0 amide bonds. The van der Waals surface area contributed by atoms with E-state index < -0.39 is 0 Å². The van der Waals surface area contributed by atoms with Crippen LogP contribution in [0, 0.1) is 0 Å². The van der Waals surface area contributed by atoms with Gasteiger partial charge in [0.2, 0.25) is 0 Å². The van der Waals surface area contributed by atoms with Gasteiger partial charge in [-0.15, -0.1) is 0 Å². The van der Waals surface area contributed by atoms with Crippen LogP contribution in [-0.4, -0.2) is 28.3 Å². The molecule has 0 rings (SSSR count). The summed E-state index contributed by atoms with van der Waals surface area (Å²) in [6, 6.07) is 0. The fourth-order valence-corrected chi connectivity index (χ4v) is 0. The smallest absolute Gasteiger partial charge is 0.0149 e. The van der Waals surface area contributed by atoms with Gasteiger partial charge in [0.15, 0.2) is 17.4 Å². The molecular weight excluding hydrogens is 207 g/mol. The first-order chi connectivity index (χ1) is 0. The van der Waals surface area contributed by atoms with Gasteiger partial charge in [-0.3, -0.25) is 0 Å². The maximum atomic E-state index is 0. The van der Waals surface area contributed by atoms with Gasteiger partial charge in [-0.05, 0) is 11.0 Å². The summed E-state index contributed by atoms with van der Waals surface area (Å²) in [4.78, 5) is 0. The first-order valence-electron chi connectivity index (χ1n) is 0. The Labute approximate surface area is 66.0 Å². The zero-order valence-corrected chi connectivity index (χ0v) is 3.87. The van der Waals surface area contributed by atoms with Crippen molar-refractivity contribution in [1.82, 2.24) is 0 Å². The van der Waals surface area contributed by atoms with Crippen molar-refractivity contribution in [2.75, 3.05) is 0 Å². The average molecular weight is 214 g/mol. The molecule has 0 saturated carbocycles. The molecule has 0 spiro atoms. The van der Waals surface area contributed by atoms with Crippen molar-refractivity contribution in [1.29, 1.82) is 0 Å². The van der Waals surface area contributed by atoms with Gasteiger partial charge in [0.1, 0.15) is 0 Å². The summed E-state index contributed by atoms with van der Waals surface area (Å²) in [6.45, 7) is 0. The molecule has 0 fully saturated rings. The van der Waals surface area contributed by atoms with Crippen LogP contribution in [0.4, 0.5) is 0 Å². The molecule has 28 valence electrons. The minimum Gasteiger partial charge on any atom is -0.0149 e. The third-order valence-electron chi connectivity index (χ3n) is 0. The van der Waals surface area contributed by atoms with Crippen molar-refractivity contribution in [3.63, 3.8) is 0 Å². The number of hydrogen-bond acceptors (Lipinski definition) is 0. The predicted molar refractivity (Wildman–Crippen MR) is 21.3 cm³/mol. The molecule has 0 aliphatic heterocycles. The summed E-state index contributed by atoms with van der Waals surface area (Å²) in [6.07, 6.45) is 0. The molecular formula is H7AlFeMoSi. The van der Waals surface area contributed by atoms with Gasteiger partial charge in [-0.2, -0.15) is 0 Å². The quantitative estimate of drug-likeness (QED) is 0.386. The van der Waals surface area contributed by atoms with Gasteiger partial charge in [0.25, 0.3) is 0 Å². The molecule has 0 aromatic carbocycles. The molecule has 0 atom stereocenters. The average Bonchev–Trinajstić information content (AvgIpc) is 0. The standard InChI is InChI=1S/Al.Fe.Mo.H4Si.3H/h;;;1H4;;;. The molecule has 4 heavy (non-hydrogen) atoms. The SMILES string of the molecule is [AlH3].[Fe].[Mo].[SiH4]. The molecule has 0 radical (unpaired) electrons. The van der Waals surface area contributed by atoms with Gasteiger partial charge in [0.05, 0.1) is 0 Å². The van der Waals surface area contributed by atoms with E-state index in [0.29, 0.717) is 0 Å². The Hall–Kier alpha value is 1.96. The van der Waals surface area contributed by atoms with Crippen LogP contribution in [0.25, 0.3) is 0 Å². The second kappa shape index (κ2) is 20.3. The number of rotatable bonds is 0. The molecule has 0 saturated heterocycles. The van der Waals surface area contributed by atoms with E-state index >= 15 is 0 Å². The molecule has 0 aliphatic rings. The van der Waals surface area contributed by atoms with Crippen molar-refractivity contribution in [2.45, 2.75) is 0 Å². The van der Waals surface area contributed by atoms with Crippen LogP contribution in [-0.2, 0) is 38.1 Å². The van der Waals surface area contributed by atoms with Gasteiger partial charge < -0.3 is 0 Å². The molecule has 0 aromatic heterocycles. The minimum absolute atomic E-state index is 0. The topological polar surface area (TPSA) is 0 Å². The van der Waals surface area contributed by atoms with Crippen LogP contribution in [0.1, 0.15) is 0 Å². The minimum atomic E-state index is 0. The fourth-order valence-electron chi connectivity index (χ4n) is 0. The summed E-state index contributed by atoms with van der Waals surface area (Å²) in [5, 5.41) is 0. The molecule has 0 aromatic rings. The molecule has 0 aliphatic carbocycles. The van der Waals surface area contributed by atoms with E-state index in [1.165, 1.54) is 0 Å². The third-order valence-corrected chi connectivity index (χ3v) is 0. The second-order valence-corrected chi connectivity index (χ2v) is 0. The number of hydrogen-bond donors (Lipinski definition) is 0. The van der Waals surface area contributed by atoms with Gasteiger partial charge in [-0.25, -0.2) is 0 Å². The fraction of sp³-hybridized carbons (Fsp3) is 0. The summed E-state index contributed by atoms with van der Waals surface area (Å²) < 4.78 is 0. The maximum Gasteiger partial charge on any atom is 0.187 e. The summed E-state index contributed by atoms with van der Waals surface area (Å²) in [5.74, 6) is 0. The van der Waals surface area contributed by atoms with Crippen LogP contribution in [0.2, 0.25) is 0 Å². The Balaban J connectivity index is 0. The maximum absolute atomic E-state index is 0. The van der Waals surface area contributed by atoms with E-state index in [1.54, 1.807) is 0 Å². The van der Waals surface area contributed by atoms with Crippen molar-refractivity contribution >= 4 is 28.3 Å². The van der Waals surface area contributed by atoms with E-state index in [-0.39, 0.29) is 66.5 Å². The summed E-state index contributed by atoms with van der Waals surface area (Å²) in [7, 11) is 0. The Morgan fingerprint density at radius 2 is 1.00 bits per heavy atom. The van der Waals surface area contributed by atoms with E-state index in [1.807, 2.05) is 0 Å². The predicted octanol–water partition coefficient (Wildman–Crippen LogP) is -2.64. The second-order valence-electron chi connectivity index (χ2n) is 0. The van der Waals surface area contributed by atoms with Crippen LogP contribution in [0.15, 0.2) is 0 Å². The van der Waals surface area contributed by atoms with E-state index in [4.69, 9.17) is 0 Å². The van der Waals surface area contributed by atoms with Crippen molar-refractivity contribution in [2.24, 2.45) is 0 Å². The Morgan fingerprint density at radius 3 is 1.00 bits per heavy atom.